The van der Waals surface area contributed by atoms with Gasteiger partial charge >= 0.3 is 0 Å². The van der Waals surface area contributed by atoms with Crippen molar-refractivity contribution in [1.82, 2.24) is 4.90 Å². The molecule has 0 aromatic heterocycles. The molecule has 0 saturated carbocycles. The molecule has 0 amide bonds. The van der Waals surface area contributed by atoms with Crippen LogP contribution < -0.4 is 0 Å². The number of hydrogen-bond donors (Lipinski definition) is 1. The molecule has 0 aliphatic carbocycles. The van der Waals surface area contributed by atoms with Crippen LogP contribution in [-0.2, 0) is 0 Å². The molecule has 1 rings (SSSR count). The van der Waals surface area contributed by atoms with Gasteiger partial charge in [0.15, 0.2) is 0 Å². The first kappa shape index (κ1) is 13.9. The fraction of sp³-hybridized carbons (Fsp3) is 0.467. The van der Waals surface area contributed by atoms with Crippen LogP contribution in [0.15, 0.2) is 42.5 Å². The van der Waals surface area contributed by atoms with Crippen molar-refractivity contribution in [2.45, 2.75) is 26.4 Å². The second kappa shape index (κ2) is 7.25. The zero-order valence-corrected chi connectivity index (χ0v) is 10.9. The highest BCUT2D eigenvalue weighted by atomic mass is 16.3. The van der Waals surface area contributed by atoms with Gasteiger partial charge in [-0.2, -0.15) is 0 Å². The maximum atomic E-state index is 10.1. The second-order valence-corrected chi connectivity index (χ2v) is 4.34. The standard InChI is InChI=1S/C15H23NO/c1-4-16(5-2)12-13(3)11-15(17)14-9-7-6-8-10-14/h6-10,15,17H,3-5,11-12H2,1-2H3. The molecule has 0 bridgehead atoms. The number of benzene rings is 1. The molecular weight excluding hydrogens is 210 g/mol. The number of aliphatic hydroxyl groups is 1. The van der Waals surface area contributed by atoms with E-state index in [1.165, 1.54) is 0 Å². The van der Waals surface area contributed by atoms with Crippen LogP contribution >= 0.6 is 0 Å². The molecular formula is C15H23NO. The average Bonchev–Trinajstić information content (AvgIpc) is 2.37. The number of nitrogens with zero attached hydrogens (tertiary/aromatic N) is 1. The second-order valence-electron chi connectivity index (χ2n) is 4.34. The normalized spacial score (nSPS) is 12.7. The summed E-state index contributed by atoms with van der Waals surface area (Å²) in [5.41, 5.74) is 2.05. The predicted molar refractivity (Wildman–Crippen MR) is 72.9 cm³/mol. The average molecular weight is 233 g/mol. The predicted octanol–water partition coefficient (Wildman–Crippen LogP) is 3.01. The summed E-state index contributed by atoms with van der Waals surface area (Å²) in [6.45, 7) is 11.3. The van der Waals surface area contributed by atoms with Crippen LogP contribution in [0.4, 0.5) is 0 Å². The molecule has 2 heteroatoms. The third-order valence-corrected chi connectivity index (χ3v) is 3.01. The van der Waals surface area contributed by atoms with Gasteiger partial charge in [-0.15, -0.1) is 0 Å². The van der Waals surface area contributed by atoms with E-state index >= 15 is 0 Å². The molecule has 94 valence electrons. The molecule has 1 aromatic rings. The van der Waals surface area contributed by atoms with Gasteiger partial charge in [0, 0.05) is 6.54 Å². The van der Waals surface area contributed by atoms with Crippen molar-refractivity contribution in [2.75, 3.05) is 19.6 Å². The Bertz CT molecular complexity index is 330. The molecule has 0 fully saturated rings. The fourth-order valence-electron chi connectivity index (χ4n) is 1.89. The highest BCUT2D eigenvalue weighted by Crippen LogP contribution is 2.20. The lowest BCUT2D eigenvalue weighted by Crippen LogP contribution is -2.25. The molecule has 0 spiro atoms. The van der Waals surface area contributed by atoms with Gasteiger partial charge in [-0.05, 0) is 25.1 Å². The Morgan fingerprint density at radius 3 is 2.35 bits per heavy atom. The molecule has 17 heavy (non-hydrogen) atoms. The molecule has 0 saturated heterocycles. The Hall–Kier alpha value is -1.12. The summed E-state index contributed by atoms with van der Waals surface area (Å²) in [7, 11) is 0. The van der Waals surface area contributed by atoms with Crippen molar-refractivity contribution < 1.29 is 5.11 Å². The maximum Gasteiger partial charge on any atom is 0.0827 e. The molecule has 1 N–H and O–H groups in total. The minimum atomic E-state index is -0.431. The molecule has 2 nitrogen and oxygen atoms in total. The third-order valence-electron chi connectivity index (χ3n) is 3.01. The van der Waals surface area contributed by atoms with Gasteiger partial charge < -0.3 is 5.11 Å². The van der Waals surface area contributed by atoms with E-state index in [1.54, 1.807) is 0 Å². The SMILES string of the molecule is C=C(CC(O)c1ccccc1)CN(CC)CC. The van der Waals surface area contributed by atoms with Gasteiger partial charge in [-0.3, -0.25) is 4.90 Å². The quantitative estimate of drug-likeness (QED) is 0.732. The summed E-state index contributed by atoms with van der Waals surface area (Å²) >= 11 is 0. The van der Waals surface area contributed by atoms with Crippen molar-refractivity contribution in [3.05, 3.63) is 48.0 Å². The number of hydrogen-bond acceptors (Lipinski definition) is 2. The zero-order chi connectivity index (χ0) is 12.7. The van der Waals surface area contributed by atoms with Crippen molar-refractivity contribution in [3.8, 4) is 0 Å². The molecule has 0 aliphatic rings. The highest BCUT2D eigenvalue weighted by molar-refractivity contribution is 5.19. The van der Waals surface area contributed by atoms with Crippen LogP contribution in [0.25, 0.3) is 0 Å². The monoisotopic (exact) mass is 233 g/mol. The Morgan fingerprint density at radius 2 is 1.82 bits per heavy atom. The van der Waals surface area contributed by atoms with Crippen molar-refractivity contribution in [1.29, 1.82) is 0 Å². The Morgan fingerprint density at radius 1 is 1.24 bits per heavy atom. The smallest absolute Gasteiger partial charge is 0.0827 e. The Labute approximate surface area is 105 Å². The van der Waals surface area contributed by atoms with Gasteiger partial charge in [0.05, 0.1) is 6.10 Å². The number of aliphatic hydroxyl groups excluding tert-OH is 1. The van der Waals surface area contributed by atoms with E-state index in [2.05, 4.69) is 25.3 Å². The van der Waals surface area contributed by atoms with Gasteiger partial charge in [0.2, 0.25) is 0 Å². The summed E-state index contributed by atoms with van der Waals surface area (Å²) in [6, 6.07) is 9.77. The van der Waals surface area contributed by atoms with Gasteiger partial charge in [0.25, 0.3) is 0 Å². The summed E-state index contributed by atoms with van der Waals surface area (Å²) < 4.78 is 0. The summed E-state index contributed by atoms with van der Waals surface area (Å²) in [4.78, 5) is 2.31. The first-order valence-electron chi connectivity index (χ1n) is 6.29. The first-order chi connectivity index (χ1) is 8.17. The van der Waals surface area contributed by atoms with Gasteiger partial charge in [-0.25, -0.2) is 0 Å². The van der Waals surface area contributed by atoms with Crippen molar-refractivity contribution >= 4 is 0 Å². The van der Waals surface area contributed by atoms with Crippen molar-refractivity contribution in [3.63, 3.8) is 0 Å². The van der Waals surface area contributed by atoms with Gasteiger partial charge in [0.1, 0.15) is 0 Å². The Balaban J connectivity index is 2.46. The third kappa shape index (κ3) is 4.72. The first-order valence-corrected chi connectivity index (χ1v) is 6.29. The van der Waals surface area contributed by atoms with E-state index in [-0.39, 0.29) is 0 Å². The van der Waals surface area contributed by atoms with Crippen LogP contribution in [0.3, 0.4) is 0 Å². The summed E-state index contributed by atoms with van der Waals surface area (Å²) in [5.74, 6) is 0. The molecule has 1 unspecified atom stereocenters. The lowest BCUT2D eigenvalue weighted by molar-refractivity contribution is 0.174. The zero-order valence-electron chi connectivity index (χ0n) is 10.9. The van der Waals surface area contributed by atoms with Gasteiger partial charge in [-0.1, -0.05) is 56.3 Å². The summed E-state index contributed by atoms with van der Waals surface area (Å²) in [5, 5.41) is 10.1. The molecule has 0 aliphatic heterocycles. The van der Waals surface area contributed by atoms with E-state index in [9.17, 15) is 5.11 Å². The van der Waals surface area contributed by atoms with E-state index in [1.807, 2.05) is 30.3 Å². The largest absolute Gasteiger partial charge is 0.388 e. The highest BCUT2D eigenvalue weighted by Gasteiger charge is 2.10. The van der Waals surface area contributed by atoms with E-state index in [0.29, 0.717) is 6.42 Å². The fourth-order valence-corrected chi connectivity index (χ4v) is 1.89. The topological polar surface area (TPSA) is 23.5 Å². The molecule has 0 heterocycles. The molecule has 0 radical (unpaired) electrons. The van der Waals surface area contributed by atoms with Crippen LogP contribution in [0.5, 0.6) is 0 Å². The van der Waals surface area contributed by atoms with Crippen LogP contribution in [-0.4, -0.2) is 29.6 Å². The van der Waals surface area contributed by atoms with E-state index in [0.717, 1.165) is 30.8 Å². The van der Waals surface area contributed by atoms with Crippen LogP contribution in [0, 0.1) is 0 Å². The van der Waals surface area contributed by atoms with Crippen LogP contribution in [0.1, 0.15) is 31.9 Å². The van der Waals surface area contributed by atoms with Crippen molar-refractivity contribution in [2.24, 2.45) is 0 Å². The van der Waals surface area contributed by atoms with E-state index in [4.69, 9.17) is 0 Å². The molecule has 1 atom stereocenters. The number of likely N-dealkylation sites (N-methyl/N-ethyl adjacent to an activating group) is 1. The Kier molecular flexibility index (Phi) is 5.95. The lowest BCUT2D eigenvalue weighted by atomic mass is 10.0. The minimum Gasteiger partial charge on any atom is -0.388 e. The maximum absolute atomic E-state index is 10.1. The van der Waals surface area contributed by atoms with Crippen LogP contribution in [0.2, 0.25) is 0 Å². The molecule has 1 aromatic carbocycles. The lowest BCUT2D eigenvalue weighted by Gasteiger charge is -2.21. The van der Waals surface area contributed by atoms with E-state index < -0.39 is 6.10 Å². The summed E-state index contributed by atoms with van der Waals surface area (Å²) in [6.07, 6.45) is 0.208. The number of rotatable bonds is 7. The minimum absolute atomic E-state index is 0.431.